The second-order valence-corrected chi connectivity index (χ2v) is 4.54. The van der Waals surface area contributed by atoms with Gasteiger partial charge in [0.2, 0.25) is 0 Å². The Balaban J connectivity index is 0. The fourth-order valence-corrected chi connectivity index (χ4v) is 1.91. The molecule has 0 aliphatic rings. The van der Waals surface area contributed by atoms with Crippen LogP contribution in [-0.2, 0) is 0 Å². The quantitative estimate of drug-likeness (QED) is 0.349. The second-order valence-electron chi connectivity index (χ2n) is 4.54. The molecule has 0 atom stereocenters. The molecule has 0 unspecified atom stereocenters. The van der Waals surface area contributed by atoms with E-state index in [1.807, 2.05) is 0 Å². The van der Waals surface area contributed by atoms with Crippen LogP contribution in [0.25, 0.3) is 0 Å². The molecule has 0 aliphatic carbocycles. The van der Waals surface area contributed by atoms with E-state index in [0.29, 0.717) is 0 Å². The SMILES string of the molecule is CCCCCCCCCCCCCC.[KH]. The van der Waals surface area contributed by atoms with Crippen LogP contribution in [-0.4, -0.2) is 51.4 Å². The average Bonchev–Trinajstić information content (AvgIpc) is 2.21. The third kappa shape index (κ3) is 18.2. The van der Waals surface area contributed by atoms with Crippen molar-refractivity contribution < 1.29 is 0 Å². The fourth-order valence-electron chi connectivity index (χ4n) is 1.91. The second kappa shape index (κ2) is 18.0. The zero-order valence-corrected chi connectivity index (χ0v) is 10.5. The molecule has 0 amide bonds. The molecule has 0 fully saturated rings. The number of hydrogen-bond donors (Lipinski definition) is 0. The van der Waals surface area contributed by atoms with E-state index >= 15 is 0 Å². The van der Waals surface area contributed by atoms with Gasteiger partial charge >= 0.3 is 51.4 Å². The van der Waals surface area contributed by atoms with Crippen LogP contribution in [0.3, 0.4) is 0 Å². The monoisotopic (exact) mass is 238 g/mol. The van der Waals surface area contributed by atoms with Gasteiger partial charge in [-0.1, -0.05) is 90.9 Å². The molecule has 0 aromatic heterocycles. The summed E-state index contributed by atoms with van der Waals surface area (Å²) in [7, 11) is 0. The van der Waals surface area contributed by atoms with Crippen LogP contribution in [0.15, 0.2) is 0 Å². The first-order valence-electron chi connectivity index (χ1n) is 6.91. The van der Waals surface area contributed by atoms with E-state index < -0.39 is 0 Å². The Labute approximate surface area is 140 Å². The summed E-state index contributed by atoms with van der Waals surface area (Å²) in [6, 6.07) is 0. The number of rotatable bonds is 11. The molecule has 0 nitrogen and oxygen atoms in total. The molecule has 88 valence electrons. The van der Waals surface area contributed by atoms with Gasteiger partial charge in [-0.25, -0.2) is 0 Å². The summed E-state index contributed by atoms with van der Waals surface area (Å²) >= 11 is 0. The zero-order chi connectivity index (χ0) is 10.5. The van der Waals surface area contributed by atoms with Gasteiger partial charge in [-0.05, 0) is 0 Å². The number of unbranched alkanes of at least 4 members (excludes halogenated alkanes) is 11. The fraction of sp³-hybridized carbons (Fsp3) is 1.00. The van der Waals surface area contributed by atoms with Crippen molar-refractivity contribution in [3.63, 3.8) is 0 Å². The van der Waals surface area contributed by atoms with Crippen molar-refractivity contribution >= 4 is 51.4 Å². The summed E-state index contributed by atoms with van der Waals surface area (Å²) in [5.74, 6) is 0. The Hall–Kier alpha value is 1.64. The van der Waals surface area contributed by atoms with E-state index in [-0.39, 0.29) is 51.4 Å². The van der Waals surface area contributed by atoms with E-state index in [1.165, 1.54) is 77.0 Å². The summed E-state index contributed by atoms with van der Waals surface area (Å²) < 4.78 is 0. The minimum absolute atomic E-state index is 0. The first-order valence-corrected chi connectivity index (χ1v) is 6.91. The molecule has 0 bridgehead atoms. The molecular weight excluding hydrogens is 207 g/mol. The van der Waals surface area contributed by atoms with Crippen molar-refractivity contribution in [1.29, 1.82) is 0 Å². The molecule has 0 aromatic carbocycles. The topological polar surface area (TPSA) is 0 Å². The van der Waals surface area contributed by atoms with E-state index in [2.05, 4.69) is 13.8 Å². The van der Waals surface area contributed by atoms with Gasteiger partial charge in [0.15, 0.2) is 0 Å². The summed E-state index contributed by atoms with van der Waals surface area (Å²) in [6.07, 6.45) is 17.4. The normalized spacial score (nSPS) is 10.0. The summed E-state index contributed by atoms with van der Waals surface area (Å²) in [5.41, 5.74) is 0. The first kappa shape index (κ1) is 19.0. The van der Waals surface area contributed by atoms with Gasteiger partial charge in [-0.15, -0.1) is 0 Å². The van der Waals surface area contributed by atoms with Crippen LogP contribution in [0.1, 0.15) is 90.9 Å². The standard InChI is InChI=1S/C14H30.K.H/c1-3-5-7-9-11-13-14-12-10-8-6-4-2;;/h3-14H2,1-2H3;;. The molecule has 15 heavy (non-hydrogen) atoms. The average molecular weight is 238 g/mol. The number of hydrogen-bond acceptors (Lipinski definition) is 0. The van der Waals surface area contributed by atoms with Crippen molar-refractivity contribution in [1.82, 2.24) is 0 Å². The minimum atomic E-state index is 0. The molecule has 0 N–H and O–H groups in total. The predicted octanol–water partition coefficient (Wildman–Crippen LogP) is 5.06. The molecule has 1 heteroatoms. The van der Waals surface area contributed by atoms with Crippen molar-refractivity contribution in [2.24, 2.45) is 0 Å². The van der Waals surface area contributed by atoms with E-state index in [4.69, 9.17) is 0 Å². The Morgan fingerprint density at radius 1 is 0.400 bits per heavy atom. The van der Waals surface area contributed by atoms with E-state index in [0.717, 1.165) is 0 Å². The first-order chi connectivity index (χ1) is 6.91. The van der Waals surface area contributed by atoms with Crippen LogP contribution >= 0.6 is 0 Å². The zero-order valence-electron chi connectivity index (χ0n) is 10.5. The van der Waals surface area contributed by atoms with Gasteiger partial charge < -0.3 is 0 Å². The third-order valence-corrected chi connectivity index (χ3v) is 2.96. The van der Waals surface area contributed by atoms with Crippen LogP contribution in [0.4, 0.5) is 0 Å². The maximum absolute atomic E-state index is 2.29. The van der Waals surface area contributed by atoms with Crippen molar-refractivity contribution in [2.75, 3.05) is 0 Å². The molecular formula is C14H31K. The Morgan fingerprint density at radius 2 is 0.600 bits per heavy atom. The van der Waals surface area contributed by atoms with Gasteiger partial charge in [-0.3, -0.25) is 0 Å². The molecule has 0 aromatic rings. The van der Waals surface area contributed by atoms with Gasteiger partial charge in [0.1, 0.15) is 0 Å². The van der Waals surface area contributed by atoms with E-state index in [9.17, 15) is 0 Å². The Morgan fingerprint density at radius 3 is 0.800 bits per heavy atom. The van der Waals surface area contributed by atoms with Crippen LogP contribution in [0.2, 0.25) is 0 Å². The van der Waals surface area contributed by atoms with Gasteiger partial charge in [0, 0.05) is 0 Å². The molecule has 0 heterocycles. The summed E-state index contributed by atoms with van der Waals surface area (Å²) in [4.78, 5) is 0. The maximum atomic E-state index is 2.29. The molecule has 0 radical (unpaired) electrons. The van der Waals surface area contributed by atoms with Gasteiger partial charge in [0.05, 0.1) is 0 Å². The third-order valence-electron chi connectivity index (χ3n) is 2.96. The molecule has 0 spiro atoms. The van der Waals surface area contributed by atoms with Gasteiger partial charge in [0.25, 0.3) is 0 Å². The van der Waals surface area contributed by atoms with Crippen molar-refractivity contribution in [2.45, 2.75) is 90.9 Å². The van der Waals surface area contributed by atoms with Gasteiger partial charge in [-0.2, -0.15) is 0 Å². The van der Waals surface area contributed by atoms with Crippen molar-refractivity contribution in [3.8, 4) is 0 Å². The van der Waals surface area contributed by atoms with Crippen LogP contribution < -0.4 is 0 Å². The van der Waals surface area contributed by atoms with Crippen molar-refractivity contribution in [3.05, 3.63) is 0 Å². The summed E-state index contributed by atoms with van der Waals surface area (Å²) in [6.45, 7) is 4.57. The Kier molecular flexibility index (Phi) is 22.8. The van der Waals surface area contributed by atoms with Crippen LogP contribution in [0, 0.1) is 0 Å². The molecule has 0 saturated carbocycles. The van der Waals surface area contributed by atoms with Crippen LogP contribution in [0.5, 0.6) is 0 Å². The predicted molar refractivity (Wildman–Crippen MR) is 73.9 cm³/mol. The summed E-state index contributed by atoms with van der Waals surface area (Å²) in [5, 5.41) is 0. The Bertz CT molecular complexity index is 79.3. The van der Waals surface area contributed by atoms with E-state index in [1.54, 1.807) is 0 Å². The molecule has 0 rings (SSSR count). The molecule has 0 saturated heterocycles. The molecule has 0 aliphatic heterocycles.